The third-order valence-corrected chi connectivity index (χ3v) is 5.79. The van der Waals surface area contributed by atoms with Crippen LogP contribution in [0.2, 0.25) is 0 Å². The molecule has 2 heterocycles. The molecule has 1 fully saturated rings. The number of fused-ring (bicyclic) bond motifs is 1. The molecular formula is C23H29N3O3. The number of anilines is 1. The van der Waals surface area contributed by atoms with E-state index >= 15 is 0 Å². The average molecular weight is 396 g/mol. The number of benzene rings is 2. The number of piperidine rings is 1. The van der Waals surface area contributed by atoms with Gasteiger partial charge in [-0.1, -0.05) is 23.8 Å². The summed E-state index contributed by atoms with van der Waals surface area (Å²) in [6.45, 7) is 8.42. The van der Waals surface area contributed by atoms with Crippen LogP contribution in [-0.2, 0) is 6.54 Å². The second kappa shape index (κ2) is 8.74. The molecule has 2 aliphatic heterocycles. The van der Waals surface area contributed by atoms with Gasteiger partial charge in [0.2, 0.25) is 6.79 Å². The van der Waals surface area contributed by atoms with E-state index in [1.807, 2.05) is 12.1 Å². The first-order valence-electron chi connectivity index (χ1n) is 10.3. The van der Waals surface area contributed by atoms with Crippen molar-refractivity contribution < 1.29 is 14.3 Å². The van der Waals surface area contributed by atoms with Crippen molar-refractivity contribution in [1.82, 2.24) is 10.2 Å². The molecule has 2 aliphatic rings. The van der Waals surface area contributed by atoms with E-state index < -0.39 is 0 Å². The van der Waals surface area contributed by atoms with Crippen LogP contribution in [0.25, 0.3) is 0 Å². The van der Waals surface area contributed by atoms with E-state index in [0.717, 1.165) is 32.5 Å². The summed E-state index contributed by atoms with van der Waals surface area (Å²) < 4.78 is 10.6. The van der Waals surface area contributed by atoms with E-state index in [9.17, 15) is 4.79 Å². The molecule has 2 aromatic rings. The van der Waals surface area contributed by atoms with Gasteiger partial charge in [0.05, 0.1) is 0 Å². The molecule has 2 aromatic carbocycles. The highest BCUT2D eigenvalue weighted by atomic mass is 16.7. The van der Waals surface area contributed by atoms with Crippen molar-refractivity contribution in [1.29, 1.82) is 0 Å². The maximum atomic E-state index is 12.2. The summed E-state index contributed by atoms with van der Waals surface area (Å²) in [5.74, 6) is 1.90. The largest absolute Gasteiger partial charge is 0.454 e. The third kappa shape index (κ3) is 5.01. The molecule has 0 aliphatic carbocycles. The lowest BCUT2D eigenvalue weighted by Gasteiger charge is -2.32. The number of hydrogen-bond acceptors (Lipinski definition) is 4. The molecule has 0 spiro atoms. The lowest BCUT2D eigenvalue weighted by Crippen LogP contribution is -2.39. The predicted molar refractivity (Wildman–Crippen MR) is 114 cm³/mol. The van der Waals surface area contributed by atoms with Gasteiger partial charge in [-0.05, 0) is 69.0 Å². The Labute approximate surface area is 172 Å². The normalized spacial score (nSPS) is 16.6. The fraction of sp³-hybridized carbons (Fsp3) is 0.435. The Bertz CT molecular complexity index is 876. The van der Waals surface area contributed by atoms with Gasteiger partial charge in [-0.2, -0.15) is 0 Å². The number of amides is 2. The lowest BCUT2D eigenvalue weighted by atomic mass is 9.96. The van der Waals surface area contributed by atoms with Gasteiger partial charge < -0.3 is 20.1 Å². The lowest BCUT2D eigenvalue weighted by molar-refractivity contribution is 0.174. The van der Waals surface area contributed by atoms with Crippen LogP contribution >= 0.6 is 0 Å². The summed E-state index contributed by atoms with van der Waals surface area (Å²) in [6, 6.07) is 11.9. The Morgan fingerprint density at radius 3 is 2.69 bits per heavy atom. The van der Waals surface area contributed by atoms with Crippen LogP contribution in [0.5, 0.6) is 11.5 Å². The first-order valence-corrected chi connectivity index (χ1v) is 10.3. The van der Waals surface area contributed by atoms with Crippen LogP contribution in [-0.4, -0.2) is 37.4 Å². The molecule has 4 rings (SSSR count). The molecule has 6 heteroatoms. The fourth-order valence-electron chi connectivity index (χ4n) is 3.95. The van der Waals surface area contributed by atoms with E-state index in [-0.39, 0.29) is 12.8 Å². The maximum absolute atomic E-state index is 12.2. The molecule has 0 aromatic heterocycles. The van der Waals surface area contributed by atoms with Crippen LogP contribution in [0.3, 0.4) is 0 Å². The van der Waals surface area contributed by atoms with E-state index in [4.69, 9.17) is 9.47 Å². The SMILES string of the molecule is Cc1ccc(C)c(CN2CCC(CNC(=O)Nc3ccc4c(c3)OCO4)CC2)c1. The molecular weight excluding hydrogens is 366 g/mol. The quantitative estimate of drug-likeness (QED) is 0.801. The van der Waals surface area contributed by atoms with Gasteiger partial charge in [0, 0.05) is 24.8 Å². The third-order valence-electron chi connectivity index (χ3n) is 5.79. The van der Waals surface area contributed by atoms with Crippen LogP contribution in [0.1, 0.15) is 29.5 Å². The van der Waals surface area contributed by atoms with E-state index in [2.05, 4.69) is 47.6 Å². The van der Waals surface area contributed by atoms with Gasteiger partial charge in [0.25, 0.3) is 0 Å². The Hall–Kier alpha value is -2.73. The number of urea groups is 1. The highest BCUT2D eigenvalue weighted by Crippen LogP contribution is 2.34. The summed E-state index contributed by atoms with van der Waals surface area (Å²) in [6.07, 6.45) is 2.21. The molecule has 154 valence electrons. The van der Waals surface area contributed by atoms with Crippen molar-refractivity contribution in [2.24, 2.45) is 5.92 Å². The fourth-order valence-corrected chi connectivity index (χ4v) is 3.95. The second-order valence-electron chi connectivity index (χ2n) is 8.05. The van der Waals surface area contributed by atoms with Gasteiger partial charge >= 0.3 is 6.03 Å². The van der Waals surface area contributed by atoms with Crippen molar-refractivity contribution in [2.75, 3.05) is 31.7 Å². The van der Waals surface area contributed by atoms with E-state index in [0.29, 0.717) is 29.6 Å². The van der Waals surface area contributed by atoms with Crippen LogP contribution in [0.15, 0.2) is 36.4 Å². The molecule has 6 nitrogen and oxygen atoms in total. The summed E-state index contributed by atoms with van der Waals surface area (Å²) in [4.78, 5) is 14.7. The molecule has 0 radical (unpaired) electrons. The highest BCUT2D eigenvalue weighted by Gasteiger charge is 2.20. The summed E-state index contributed by atoms with van der Waals surface area (Å²) in [5, 5.41) is 5.88. The summed E-state index contributed by atoms with van der Waals surface area (Å²) in [5.41, 5.74) is 4.80. The van der Waals surface area contributed by atoms with Gasteiger partial charge in [-0.15, -0.1) is 0 Å². The van der Waals surface area contributed by atoms with E-state index in [1.54, 1.807) is 6.07 Å². The number of rotatable bonds is 5. The molecule has 1 saturated heterocycles. The zero-order valence-electron chi connectivity index (χ0n) is 17.2. The second-order valence-corrected chi connectivity index (χ2v) is 8.05. The smallest absolute Gasteiger partial charge is 0.319 e. The van der Waals surface area contributed by atoms with Crippen molar-refractivity contribution in [3.8, 4) is 11.5 Å². The number of nitrogens with one attached hydrogen (secondary N) is 2. The number of hydrogen-bond donors (Lipinski definition) is 2. The molecule has 2 amide bonds. The first kappa shape index (κ1) is 19.6. The number of likely N-dealkylation sites (tertiary alicyclic amines) is 1. The molecule has 2 N–H and O–H groups in total. The monoisotopic (exact) mass is 395 g/mol. The van der Waals surface area contributed by atoms with Crippen molar-refractivity contribution in [2.45, 2.75) is 33.2 Å². The minimum atomic E-state index is -0.179. The van der Waals surface area contributed by atoms with Crippen LogP contribution < -0.4 is 20.1 Å². The van der Waals surface area contributed by atoms with Crippen molar-refractivity contribution in [3.05, 3.63) is 53.1 Å². The number of ether oxygens (including phenoxy) is 2. The Morgan fingerprint density at radius 2 is 1.86 bits per heavy atom. The zero-order valence-corrected chi connectivity index (χ0v) is 17.2. The predicted octanol–water partition coefficient (Wildman–Crippen LogP) is 4.07. The van der Waals surface area contributed by atoms with Crippen molar-refractivity contribution in [3.63, 3.8) is 0 Å². The van der Waals surface area contributed by atoms with E-state index in [1.165, 1.54) is 16.7 Å². The minimum Gasteiger partial charge on any atom is -0.454 e. The highest BCUT2D eigenvalue weighted by molar-refractivity contribution is 5.89. The Kier molecular flexibility index (Phi) is 5.90. The van der Waals surface area contributed by atoms with Crippen LogP contribution in [0.4, 0.5) is 10.5 Å². The molecule has 0 unspecified atom stereocenters. The van der Waals surface area contributed by atoms with Crippen LogP contribution in [0, 0.1) is 19.8 Å². The van der Waals surface area contributed by atoms with Crippen molar-refractivity contribution >= 4 is 11.7 Å². The summed E-state index contributed by atoms with van der Waals surface area (Å²) in [7, 11) is 0. The average Bonchev–Trinajstić information content (AvgIpc) is 3.18. The van der Waals surface area contributed by atoms with Gasteiger partial charge in [0.1, 0.15) is 0 Å². The van der Waals surface area contributed by atoms with Gasteiger partial charge in [0.15, 0.2) is 11.5 Å². The molecule has 0 bridgehead atoms. The molecule has 0 atom stereocenters. The molecule has 0 saturated carbocycles. The summed E-state index contributed by atoms with van der Waals surface area (Å²) >= 11 is 0. The Morgan fingerprint density at radius 1 is 1.07 bits per heavy atom. The first-order chi connectivity index (χ1) is 14.1. The number of carbonyl (C=O) groups excluding carboxylic acids is 1. The van der Waals surface area contributed by atoms with Gasteiger partial charge in [-0.25, -0.2) is 4.79 Å². The Balaban J connectivity index is 1.20. The minimum absolute atomic E-state index is 0.179. The number of nitrogens with zero attached hydrogens (tertiary/aromatic N) is 1. The zero-order chi connectivity index (χ0) is 20.2. The number of aryl methyl sites for hydroxylation is 2. The topological polar surface area (TPSA) is 62.8 Å². The van der Waals surface area contributed by atoms with Gasteiger partial charge in [-0.3, -0.25) is 4.90 Å². The molecule has 29 heavy (non-hydrogen) atoms. The maximum Gasteiger partial charge on any atom is 0.319 e. The standard InChI is InChI=1S/C23H29N3O3/c1-16-3-4-17(2)19(11-16)14-26-9-7-18(8-10-26)13-24-23(27)25-20-5-6-21-22(12-20)29-15-28-21/h3-6,11-12,18H,7-10,13-15H2,1-2H3,(H2,24,25,27). The number of carbonyl (C=O) groups is 1.